The van der Waals surface area contributed by atoms with Gasteiger partial charge in [-0.2, -0.15) is 11.3 Å². The van der Waals surface area contributed by atoms with E-state index in [9.17, 15) is 18.0 Å². The van der Waals surface area contributed by atoms with E-state index in [0.717, 1.165) is 20.5 Å². The lowest BCUT2D eigenvalue weighted by Gasteiger charge is -2.08. The molecule has 0 saturated heterocycles. The van der Waals surface area contributed by atoms with Crippen LogP contribution in [0.3, 0.4) is 0 Å². The Morgan fingerprint density at radius 2 is 1.92 bits per heavy atom. The zero-order valence-electron chi connectivity index (χ0n) is 13.8. The van der Waals surface area contributed by atoms with Gasteiger partial charge in [0.05, 0.1) is 6.54 Å². The van der Waals surface area contributed by atoms with Gasteiger partial charge in [-0.15, -0.1) is 11.3 Å². The first kappa shape index (κ1) is 19.6. The van der Waals surface area contributed by atoms with Crippen LogP contribution in [0.4, 0.5) is 0 Å². The monoisotopic (exact) mass is 401 g/mol. The van der Waals surface area contributed by atoms with Crippen LogP contribution in [0.2, 0.25) is 0 Å². The van der Waals surface area contributed by atoms with E-state index in [4.69, 9.17) is 0 Å². The van der Waals surface area contributed by atoms with Crippen molar-refractivity contribution in [3.8, 4) is 0 Å². The first-order valence-electron chi connectivity index (χ1n) is 7.39. The number of hydrogen-bond acceptors (Lipinski definition) is 6. The zero-order valence-corrected chi connectivity index (χ0v) is 16.3. The van der Waals surface area contributed by atoms with Crippen LogP contribution in [0.5, 0.6) is 0 Å². The fraction of sp³-hybridized carbons (Fsp3) is 0.333. The highest BCUT2D eigenvalue weighted by atomic mass is 32.2. The van der Waals surface area contributed by atoms with E-state index in [2.05, 4.69) is 10.6 Å². The molecule has 136 valence electrons. The van der Waals surface area contributed by atoms with Gasteiger partial charge in [-0.05, 0) is 23.6 Å². The lowest BCUT2D eigenvalue weighted by atomic mass is 10.3. The molecule has 0 bridgehead atoms. The van der Waals surface area contributed by atoms with Crippen molar-refractivity contribution >= 4 is 44.5 Å². The maximum Gasteiger partial charge on any atom is 0.252 e. The highest BCUT2D eigenvalue weighted by Gasteiger charge is 2.19. The topological polar surface area (TPSA) is 95.6 Å². The van der Waals surface area contributed by atoms with E-state index < -0.39 is 10.0 Å². The van der Waals surface area contributed by atoms with Gasteiger partial charge in [-0.3, -0.25) is 9.59 Å². The molecule has 0 unspecified atom stereocenters. The van der Waals surface area contributed by atoms with Gasteiger partial charge in [-0.25, -0.2) is 12.7 Å². The molecule has 10 heteroatoms. The third-order valence-electron chi connectivity index (χ3n) is 3.25. The van der Waals surface area contributed by atoms with Crippen molar-refractivity contribution in [2.24, 2.45) is 0 Å². The van der Waals surface area contributed by atoms with Crippen LogP contribution in [-0.4, -0.2) is 45.2 Å². The molecule has 0 aliphatic carbocycles. The molecule has 7 nitrogen and oxygen atoms in total. The summed E-state index contributed by atoms with van der Waals surface area (Å²) in [5.74, 6) is -0.415. The minimum absolute atomic E-state index is 0.157. The van der Waals surface area contributed by atoms with Crippen LogP contribution in [0, 0.1) is 0 Å². The third-order valence-corrected chi connectivity index (χ3v) is 7.30. The fourth-order valence-electron chi connectivity index (χ4n) is 1.83. The number of nitrogens with one attached hydrogen (secondary N) is 2. The Kier molecular flexibility index (Phi) is 6.71. The van der Waals surface area contributed by atoms with Crippen molar-refractivity contribution < 1.29 is 18.0 Å². The van der Waals surface area contributed by atoms with Gasteiger partial charge in [0.25, 0.3) is 15.9 Å². The number of rotatable bonds is 8. The molecule has 0 radical (unpaired) electrons. The molecule has 25 heavy (non-hydrogen) atoms. The SMILES string of the molecule is CN(C)S(=O)(=O)c1ccc(CNC(=O)CCNC(=O)c2ccsc2)s1. The zero-order chi connectivity index (χ0) is 18.4. The Labute approximate surface area is 154 Å². The second kappa shape index (κ2) is 8.56. The van der Waals surface area contributed by atoms with E-state index in [1.54, 1.807) is 17.5 Å². The second-order valence-electron chi connectivity index (χ2n) is 5.30. The van der Waals surface area contributed by atoms with Gasteiger partial charge in [-0.1, -0.05) is 0 Å². The Balaban J connectivity index is 1.75. The summed E-state index contributed by atoms with van der Waals surface area (Å²) in [6, 6.07) is 4.93. The molecular formula is C15H19N3O4S3. The Hall–Kier alpha value is -1.75. The summed E-state index contributed by atoms with van der Waals surface area (Å²) in [7, 11) is -0.501. The van der Waals surface area contributed by atoms with Gasteiger partial charge >= 0.3 is 0 Å². The van der Waals surface area contributed by atoms with Crippen molar-refractivity contribution in [3.05, 3.63) is 39.4 Å². The minimum Gasteiger partial charge on any atom is -0.351 e. The summed E-state index contributed by atoms with van der Waals surface area (Å²) >= 11 is 2.56. The van der Waals surface area contributed by atoms with Crippen LogP contribution in [0.25, 0.3) is 0 Å². The molecule has 0 aliphatic heterocycles. The van der Waals surface area contributed by atoms with E-state index in [0.29, 0.717) is 5.56 Å². The van der Waals surface area contributed by atoms with E-state index >= 15 is 0 Å². The lowest BCUT2D eigenvalue weighted by molar-refractivity contribution is -0.121. The highest BCUT2D eigenvalue weighted by molar-refractivity contribution is 7.91. The maximum absolute atomic E-state index is 12.0. The average Bonchev–Trinajstić information content (AvgIpc) is 3.24. The molecule has 0 fully saturated rings. The molecule has 2 amide bonds. The summed E-state index contributed by atoms with van der Waals surface area (Å²) in [5, 5.41) is 8.95. The van der Waals surface area contributed by atoms with Crippen LogP contribution in [-0.2, 0) is 21.4 Å². The molecular weight excluding hydrogens is 382 g/mol. The second-order valence-corrected chi connectivity index (χ2v) is 9.63. The molecule has 0 atom stereocenters. The van der Waals surface area contributed by atoms with Crippen LogP contribution < -0.4 is 10.6 Å². The Morgan fingerprint density at radius 3 is 2.56 bits per heavy atom. The summed E-state index contributed by atoms with van der Waals surface area (Å²) in [6.07, 6.45) is 0.157. The van der Waals surface area contributed by atoms with E-state index in [-0.39, 0.29) is 35.5 Å². The maximum atomic E-state index is 12.0. The molecule has 0 saturated carbocycles. The molecule has 0 spiro atoms. The number of thiophene rings is 2. The number of amides is 2. The fourth-order valence-corrected chi connectivity index (χ4v) is 4.93. The third kappa shape index (κ3) is 5.36. The molecule has 2 aromatic heterocycles. The summed E-state index contributed by atoms with van der Waals surface area (Å²) in [6.45, 7) is 0.496. The van der Waals surface area contributed by atoms with Crippen LogP contribution >= 0.6 is 22.7 Å². The van der Waals surface area contributed by atoms with E-state index in [1.165, 1.54) is 31.5 Å². The van der Waals surface area contributed by atoms with Gasteiger partial charge in [0.1, 0.15) is 4.21 Å². The quantitative estimate of drug-likeness (QED) is 0.701. The Morgan fingerprint density at radius 1 is 1.16 bits per heavy atom. The number of sulfonamides is 1. The smallest absolute Gasteiger partial charge is 0.252 e. The van der Waals surface area contributed by atoms with Crippen molar-refractivity contribution in [1.29, 1.82) is 0 Å². The van der Waals surface area contributed by atoms with Gasteiger partial charge in [0, 0.05) is 42.9 Å². The van der Waals surface area contributed by atoms with Crippen molar-refractivity contribution in [1.82, 2.24) is 14.9 Å². The molecule has 2 heterocycles. The largest absolute Gasteiger partial charge is 0.351 e. The first-order valence-corrected chi connectivity index (χ1v) is 10.6. The normalized spacial score (nSPS) is 11.5. The van der Waals surface area contributed by atoms with Gasteiger partial charge in [0.15, 0.2) is 0 Å². The van der Waals surface area contributed by atoms with Gasteiger partial charge in [0.2, 0.25) is 5.91 Å². The standard InChI is InChI=1S/C15H19N3O4S3/c1-18(2)25(21,22)14-4-3-12(24-14)9-17-13(19)5-7-16-15(20)11-6-8-23-10-11/h3-4,6,8,10H,5,7,9H2,1-2H3,(H,16,20)(H,17,19). The lowest BCUT2D eigenvalue weighted by Crippen LogP contribution is -2.30. The minimum atomic E-state index is -3.45. The van der Waals surface area contributed by atoms with Crippen molar-refractivity contribution in [3.63, 3.8) is 0 Å². The number of nitrogens with zero attached hydrogens (tertiary/aromatic N) is 1. The predicted octanol–water partition coefficient (Wildman–Crippen LogP) is 1.50. The molecule has 2 N–H and O–H groups in total. The summed E-state index contributed by atoms with van der Waals surface area (Å²) in [4.78, 5) is 24.3. The van der Waals surface area contributed by atoms with Crippen molar-refractivity contribution in [2.75, 3.05) is 20.6 Å². The van der Waals surface area contributed by atoms with E-state index in [1.807, 2.05) is 5.38 Å². The predicted molar refractivity (Wildman–Crippen MR) is 98.3 cm³/mol. The number of carbonyl (C=O) groups is 2. The summed E-state index contributed by atoms with van der Waals surface area (Å²) in [5.41, 5.74) is 0.582. The molecule has 0 aromatic carbocycles. The molecule has 2 aromatic rings. The average molecular weight is 402 g/mol. The first-order chi connectivity index (χ1) is 11.8. The number of hydrogen-bond donors (Lipinski definition) is 2. The number of carbonyl (C=O) groups excluding carboxylic acids is 2. The van der Waals surface area contributed by atoms with Crippen LogP contribution in [0.15, 0.2) is 33.2 Å². The highest BCUT2D eigenvalue weighted by Crippen LogP contribution is 2.23. The summed E-state index contributed by atoms with van der Waals surface area (Å²) < 4.78 is 25.4. The molecule has 2 rings (SSSR count). The Bertz CT molecular complexity index is 826. The van der Waals surface area contributed by atoms with Crippen molar-refractivity contribution in [2.45, 2.75) is 17.2 Å². The van der Waals surface area contributed by atoms with Crippen LogP contribution in [0.1, 0.15) is 21.7 Å². The molecule has 0 aliphatic rings. The van der Waals surface area contributed by atoms with Gasteiger partial charge < -0.3 is 10.6 Å².